The summed E-state index contributed by atoms with van der Waals surface area (Å²) in [4.78, 5) is 26.3. The summed E-state index contributed by atoms with van der Waals surface area (Å²) < 4.78 is 4.84. The topological polar surface area (TPSA) is 71.1 Å². The number of aromatic amines is 1. The third-order valence-corrected chi connectivity index (χ3v) is 5.30. The molecule has 3 heterocycles. The van der Waals surface area contributed by atoms with Gasteiger partial charge < -0.3 is 14.6 Å². The van der Waals surface area contributed by atoms with E-state index in [0.29, 0.717) is 0 Å². The van der Waals surface area contributed by atoms with Crippen molar-refractivity contribution < 1.29 is 9.53 Å². The number of piperidine rings is 1. The summed E-state index contributed by atoms with van der Waals surface area (Å²) in [6.07, 6.45) is 3.41. The van der Waals surface area contributed by atoms with Crippen LogP contribution in [0.3, 0.4) is 0 Å². The van der Waals surface area contributed by atoms with Crippen molar-refractivity contribution in [2.24, 2.45) is 5.92 Å². The number of carbonyl (C=O) groups excluding carboxylic acids is 1. The predicted octanol–water partition coefficient (Wildman–Crippen LogP) is 3.08. The highest BCUT2D eigenvalue weighted by atomic mass is 32.1. The number of aromatic nitrogens is 3. The Bertz CT molecular complexity index is 851. The summed E-state index contributed by atoms with van der Waals surface area (Å²) in [5, 5.41) is 2.98. The Hall–Kier alpha value is -2.41. The first-order valence-corrected chi connectivity index (χ1v) is 8.85. The van der Waals surface area contributed by atoms with Crippen LogP contribution in [0.1, 0.15) is 12.8 Å². The van der Waals surface area contributed by atoms with Gasteiger partial charge in [-0.2, -0.15) is 0 Å². The van der Waals surface area contributed by atoms with Crippen LogP contribution in [0.15, 0.2) is 29.8 Å². The standard InChI is InChI=1S/C17H18N4O2S/c1-23-16(22)11-4-7-21(8-5-11)17-19-13-3-2-12(10-14(13)20-17)15-18-6-9-24-15/h2-3,6,9-11H,4-5,7-8H2,1H3,(H,19,20). The third-order valence-electron chi connectivity index (χ3n) is 4.48. The third kappa shape index (κ3) is 2.75. The fourth-order valence-corrected chi connectivity index (χ4v) is 3.77. The Balaban J connectivity index is 1.54. The van der Waals surface area contributed by atoms with Crippen molar-refractivity contribution in [3.63, 3.8) is 0 Å². The maximum atomic E-state index is 11.6. The number of hydrogen-bond acceptors (Lipinski definition) is 6. The number of fused-ring (bicyclic) bond motifs is 1. The molecule has 1 aliphatic heterocycles. The Morgan fingerprint density at radius 2 is 2.21 bits per heavy atom. The number of thiazole rings is 1. The molecule has 0 radical (unpaired) electrons. The molecule has 0 amide bonds. The van der Waals surface area contributed by atoms with Gasteiger partial charge in [0.15, 0.2) is 0 Å². The molecule has 2 aromatic heterocycles. The number of anilines is 1. The zero-order chi connectivity index (χ0) is 16.5. The van der Waals surface area contributed by atoms with Crippen molar-refractivity contribution in [1.29, 1.82) is 0 Å². The van der Waals surface area contributed by atoms with E-state index in [1.807, 2.05) is 17.6 Å². The minimum absolute atomic E-state index is 0.00661. The van der Waals surface area contributed by atoms with Crippen LogP contribution in [-0.2, 0) is 9.53 Å². The van der Waals surface area contributed by atoms with Gasteiger partial charge in [-0.1, -0.05) is 0 Å². The lowest BCUT2D eigenvalue weighted by molar-refractivity contribution is -0.146. The van der Waals surface area contributed by atoms with Crippen molar-refractivity contribution in [3.05, 3.63) is 29.8 Å². The molecule has 0 aliphatic carbocycles. The average Bonchev–Trinajstić information content (AvgIpc) is 3.30. The monoisotopic (exact) mass is 342 g/mol. The predicted molar refractivity (Wildman–Crippen MR) is 94.2 cm³/mol. The summed E-state index contributed by atoms with van der Waals surface area (Å²) in [5.41, 5.74) is 3.05. The second-order valence-corrected chi connectivity index (χ2v) is 6.81. The van der Waals surface area contributed by atoms with Crippen LogP contribution < -0.4 is 4.90 Å². The van der Waals surface area contributed by atoms with Gasteiger partial charge >= 0.3 is 5.97 Å². The summed E-state index contributed by atoms with van der Waals surface area (Å²) >= 11 is 1.62. The minimum atomic E-state index is -0.104. The molecule has 0 spiro atoms. The molecule has 0 atom stereocenters. The Labute approximate surface area is 143 Å². The Morgan fingerprint density at radius 1 is 1.38 bits per heavy atom. The van der Waals surface area contributed by atoms with Gasteiger partial charge in [-0.15, -0.1) is 11.3 Å². The van der Waals surface area contributed by atoms with E-state index in [1.54, 1.807) is 11.3 Å². The molecule has 124 valence electrons. The van der Waals surface area contributed by atoms with Gasteiger partial charge in [0.2, 0.25) is 5.95 Å². The van der Waals surface area contributed by atoms with E-state index < -0.39 is 0 Å². The molecule has 1 saturated heterocycles. The van der Waals surface area contributed by atoms with Gasteiger partial charge in [0, 0.05) is 30.2 Å². The van der Waals surface area contributed by atoms with Crippen LogP contribution in [0.4, 0.5) is 5.95 Å². The number of benzene rings is 1. The highest BCUT2D eigenvalue weighted by molar-refractivity contribution is 7.13. The molecular formula is C17H18N4O2S. The van der Waals surface area contributed by atoms with Gasteiger partial charge in [0.1, 0.15) is 5.01 Å². The largest absolute Gasteiger partial charge is 0.469 e. The molecule has 0 bridgehead atoms. The van der Waals surface area contributed by atoms with E-state index in [-0.39, 0.29) is 11.9 Å². The second-order valence-electron chi connectivity index (χ2n) is 5.91. The van der Waals surface area contributed by atoms with Gasteiger partial charge in [-0.3, -0.25) is 4.79 Å². The zero-order valence-electron chi connectivity index (χ0n) is 13.4. The smallest absolute Gasteiger partial charge is 0.308 e. The highest BCUT2D eigenvalue weighted by Gasteiger charge is 2.26. The maximum absolute atomic E-state index is 11.6. The molecule has 1 fully saturated rings. The van der Waals surface area contributed by atoms with E-state index in [1.165, 1.54) is 7.11 Å². The van der Waals surface area contributed by atoms with E-state index in [9.17, 15) is 4.79 Å². The zero-order valence-corrected chi connectivity index (χ0v) is 14.2. The van der Waals surface area contributed by atoms with Crippen molar-refractivity contribution >= 4 is 34.3 Å². The van der Waals surface area contributed by atoms with Crippen LogP contribution in [-0.4, -0.2) is 41.1 Å². The van der Waals surface area contributed by atoms with Gasteiger partial charge in [-0.05, 0) is 31.0 Å². The molecule has 0 saturated carbocycles. The number of ether oxygens (including phenoxy) is 1. The lowest BCUT2D eigenvalue weighted by atomic mass is 9.97. The number of esters is 1. The Kier molecular flexibility index (Phi) is 3.93. The van der Waals surface area contributed by atoms with Crippen LogP contribution in [0.25, 0.3) is 21.6 Å². The number of nitrogens with one attached hydrogen (secondary N) is 1. The van der Waals surface area contributed by atoms with Crippen LogP contribution >= 0.6 is 11.3 Å². The molecule has 0 unspecified atom stereocenters. The lowest BCUT2D eigenvalue weighted by Gasteiger charge is -2.30. The molecule has 1 aromatic carbocycles. The van der Waals surface area contributed by atoms with Gasteiger partial charge in [0.25, 0.3) is 0 Å². The van der Waals surface area contributed by atoms with Gasteiger partial charge in [0.05, 0.1) is 24.1 Å². The summed E-state index contributed by atoms with van der Waals surface area (Å²) in [6, 6.07) is 6.16. The van der Waals surface area contributed by atoms with Gasteiger partial charge in [-0.25, -0.2) is 9.97 Å². The normalized spacial score (nSPS) is 15.8. The number of methoxy groups -OCH3 is 1. The molecule has 1 N–H and O–H groups in total. The van der Waals surface area contributed by atoms with E-state index in [0.717, 1.165) is 53.5 Å². The molecule has 7 heteroatoms. The highest BCUT2D eigenvalue weighted by Crippen LogP contribution is 2.28. The van der Waals surface area contributed by atoms with Crippen molar-refractivity contribution in [1.82, 2.24) is 15.0 Å². The molecular weight excluding hydrogens is 324 g/mol. The molecule has 3 aromatic rings. The fraction of sp³-hybridized carbons (Fsp3) is 0.353. The first-order chi connectivity index (χ1) is 11.7. The van der Waals surface area contributed by atoms with Crippen molar-refractivity contribution in [2.75, 3.05) is 25.1 Å². The first-order valence-electron chi connectivity index (χ1n) is 7.97. The number of carbonyl (C=O) groups is 1. The summed E-state index contributed by atoms with van der Waals surface area (Å²) in [6.45, 7) is 1.61. The van der Waals surface area contributed by atoms with Crippen LogP contribution in [0.5, 0.6) is 0 Å². The van der Waals surface area contributed by atoms with Crippen LogP contribution in [0, 0.1) is 5.92 Å². The number of H-pyrrole nitrogens is 1. The van der Waals surface area contributed by atoms with Crippen LogP contribution in [0.2, 0.25) is 0 Å². The molecule has 4 rings (SSSR count). The molecule has 24 heavy (non-hydrogen) atoms. The first kappa shape index (κ1) is 15.1. The van der Waals surface area contributed by atoms with Crippen molar-refractivity contribution in [3.8, 4) is 10.6 Å². The SMILES string of the molecule is COC(=O)C1CCN(c2nc3ccc(-c4nccs4)cc3[nH]2)CC1. The Morgan fingerprint density at radius 3 is 2.92 bits per heavy atom. The molecule has 6 nitrogen and oxygen atoms in total. The van der Waals surface area contributed by atoms with E-state index >= 15 is 0 Å². The lowest BCUT2D eigenvalue weighted by Crippen LogP contribution is -2.37. The quantitative estimate of drug-likeness (QED) is 0.741. The summed E-state index contributed by atoms with van der Waals surface area (Å²) in [7, 11) is 1.45. The molecule has 1 aliphatic rings. The number of nitrogens with zero attached hydrogens (tertiary/aromatic N) is 3. The minimum Gasteiger partial charge on any atom is -0.469 e. The number of hydrogen-bond donors (Lipinski definition) is 1. The number of rotatable bonds is 3. The maximum Gasteiger partial charge on any atom is 0.308 e. The average molecular weight is 342 g/mol. The van der Waals surface area contributed by atoms with E-state index in [4.69, 9.17) is 4.74 Å². The summed E-state index contributed by atoms with van der Waals surface area (Å²) in [5.74, 6) is 0.768. The second kappa shape index (κ2) is 6.24. The van der Waals surface area contributed by atoms with Crippen molar-refractivity contribution in [2.45, 2.75) is 12.8 Å². The van der Waals surface area contributed by atoms with E-state index in [2.05, 4.69) is 32.0 Å². The number of imidazole rings is 1. The fourth-order valence-electron chi connectivity index (χ4n) is 3.14.